The zero-order valence-corrected chi connectivity index (χ0v) is 13.9. The van der Waals surface area contributed by atoms with Gasteiger partial charge in [-0.3, -0.25) is 0 Å². The second kappa shape index (κ2) is 5.92. The average Bonchev–Trinajstić information content (AvgIpc) is 2.60. The van der Waals surface area contributed by atoms with E-state index in [2.05, 4.69) is 67.6 Å². The zero-order chi connectivity index (χ0) is 16.4. The van der Waals surface area contributed by atoms with Gasteiger partial charge in [0.1, 0.15) is 5.75 Å². The summed E-state index contributed by atoms with van der Waals surface area (Å²) in [7, 11) is 0. The number of hydrogen-bond donors (Lipinski definition) is 1. The Morgan fingerprint density at radius 3 is 1.43 bits per heavy atom. The van der Waals surface area contributed by atoms with E-state index in [1.165, 1.54) is 16.7 Å². The Morgan fingerprint density at radius 1 is 0.652 bits per heavy atom. The molecule has 0 aliphatic rings. The summed E-state index contributed by atoms with van der Waals surface area (Å²) in [5.41, 5.74) is 5.26. The first kappa shape index (κ1) is 15.4. The van der Waals surface area contributed by atoms with Gasteiger partial charge in [-0.1, -0.05) is 72.8 Å². The molecule has 0 atom stereocenters. The van der Waals surface area contributed by atoms with Crippen LogP contribution in [0, 0.1) is 13.8 Å². The van der Waals surface area contributed by atoms with Gasteiger partial charge in [0.05, 0.1) is 0 Å². The van der Waals surface area contributed by atoms with E-state index in [9.17, 15) is 5.11 Å². The second-order valence-electron chi connectivity index (χ2n) is 6.32. The molecule has 0 amide bonds. The third-order valence-corrected chi connectivity index (χ3v) is 4.77. The molecule has 0 fully saturated rings. The number of hydrogen-bond acceptors (Lipinski definition) is 1. The Hall–Kier alpha value is -2.54. The lowest BCUT2D eigenvalue weighted by Crippen LogP contribution is -2.25. The highest BCUT2D eigenvalue weighted by Crippen LogP contribution is 2.40. The molecule has 0 spiro atoms. The Kier molecular flexibility index (Phi) is 3.96. The molecule has 3 aromatic carbocycles. The first-order valence-corrected chi connectivity index (χ1v) is 7.95. The summed E-state index contributed by atoms with van der Waals surface area (Å²) >= 11 is 0. The van der Waals surface area contributed by atoms with Crippen molar-refractivity contribution < 1.29 is 5.11 Å². The highest BCUT2D eigenvalue weighted by molar-refractivity contribution is 5.53. The largest absolute Gasteiger partial charge is 0.507 e. The molecule has 0 radical (unpaired) electrons. The minimum Gasteiger partial charge on any atom is -0.507 e. The molecule has 0 heterocycles. The number of phenolic OH excluding ortho intramolecular Hbond substituents is 1. The van der Waals surface area contributed by atoms with Crippen LogP contribution in [0.2, 0.25) is 0 Å². The highest BCUT2D eigenvalue weighted by atomic mass is 16.3. The van der Waals surface area contributed by atoms with Crippen LogP contribution in [0.4, 0.5) is 0 Å². The van der Waals surface area contributed by atoms with Gasteiger partial charge in [-0.2, -0.15) is 0 Å². The van der Waals surface area contributed by atoms with Crippen molar-refractivity contribution in [2.75, 3.05) is 0 Å². The van der Waals surface area contributed by atoms with Crippen molar-refractivity contribution in [1.29, 1.82) is 0 Å². The van der Waals surface area contributed by atoms with E-state index in [0.717, 1.165) is 11.1 Å². The molecule has 1 nitrogen and oxygen atoms in total. The third kappa shape index (κ3) is 2.63. The first-order chi connectivity index (χ1) is 11.0. The molecule has 3 rings (SSSR count). The molecule has 1 N–H and O–H groups in total. The fraction of sp³-hybridized carbons (Fsp3) is 0.182. The van der Waals surface area contributed by atoms with Crippen molar-refractivity contribution in [2.45, 2.75) is 26.2 Å². The van der Waals surface area contributed by atoms with E-state index < -0.39 is 0 Å². The second-order valence-corrected chi connectivity index (χ2v) is 6.32. The van der Waals surface area contributed by atoms with E-state index in [1.54, 1.807) is 0 Å². The molecule has 1 heteroatoms. The summed E-state index contributed by atoms with van der Waals surface area (Å²) in [4.78, 5) is 0. The van der Waals surface area contributed by atoms with Gasteiger partial charge in [-0.05, 0) is 48.6 Å². The van der Waals surface area contributed by atoms with Crippen LogP contribution >= 0.6 is 0 Å². The minimum absolute atomic E-state index is 0.258. The normalized spacial score (nSPS) is 11.4. The molecule has 0 aliphatic carbocycles. The molecular formula is C22H22O. The van der Waals surface area contributed by atoms with Crippen molar-refractivity contribution in [3.8, 4) is 5.75 Å². The maximum Gasteiger partial charge on any atom is 0.121 e. The van der Waals surface area contributed by atoms with E-state index in [0.29, 0.717) is 5.75 Å². The minimum atomic E-state index is -0.258. The van der Waals surface area contributed by atoms with Gasteiger partial charge in [0.2, 0.25) is 0 Å². The SMILES string of the molecule is Cc1cc(C(C)(c2ccccc2)c2ccccc2)cc(C)c1O. The highest BCUT2D eigenvalue weighted by Gasteiger charge is 2.31. The van der Waals surface area contributed by atoms with Crippen LogP contribution in [-0.4, -0.2) is 5.11 Å². The number of benzene rings is 3. The molecule has 0 aromatic heterocycles. The van der Waals surface area contributed by atoms with Gasteiger partial charge in [-0.15, -0.1) is 0 Å². The monoisotopic (exact) mass is 302 g/mol. The molecule has 0 saturated carbocycles. The summed E-state index contributed by atoms with van der Waals surface area (Å²) in [5.74, 6) is 0.386. The first-order valence-electron chi connectivity index (χ1n) is 7.95. The number of rotatable bonds is 3. The summed E-state index contributed by atoms with van der Waals surface area (Å²) < 4.78 is 0. The van der Waals surface area contributed by atoms with Crippen LogP contribution in [0.5, 0.6) is 5.75 Å². The molecule has 3 aromatic rings. The summed E-state index contributed by atoms with van der Waals surface area (Å²) in [6.07, 6.45) is 0. The maximum absolute atomic E-state index is 10.1. The van der Waals surface area contributed by atoms with Gasteiger partial charge in [0, 0.05) is 5.41 Å². The van der Waals surface area contributed by atoms with Gasteiger partial charge >= 0.3 is 0 Å². The predicted molar refractivity (Wildman–Crippen MR) is 96.0 cm³/mol. The van der Waals surface area contributed by atoms with Crippen LogP contribution in [0.1, 0.15) is 34.7 Å². The molecule has 0 bridgehead atoms. The van der Waals surface area contributed by atoms with E-state index in [-0.39, 0.29) is 5.41 Å². The number of aryl methyl sites for hydroxylation is 2. The topological polar surface area (TPSA) is 20.2 Å². The van der Waals surface area contributed by atoms with Crippen molar-refractivity contribution >= 4 is 0 Å². The van der Waals surface area contributed by atoms with Crippen LogP contribution in [-0.2, 0) is 5.41 Å². The van der Waals surface area contributed by atoms with E-state index in [1.807, 2.05) is 26.0 Å². The van der Waals surface area contributed by atoms with Gasteiger partial charge in [0.25, 0.3) is 0 Å². The lowest BCUT2D eigenvalue weighted by atomic mass is 9.70. The molecule has 116 valence electrons. The number of phenols is 1. The van der Waals surface area contributed by atoms with E-state index >= 15 is 0 Å². The quantitative estimate of drug-likeness (QED) is 0.645. The van der Waals surface area contributed by atoms with Gasteiger partial charge in [-0.25, -0.2) is 0 Å². The molecular weight excluding hydrogens is 280 g/mol. The van der Waals surface area contributed by atoms with Crippen LogP contribution in [0.15, 0.2) is 72.8 Å². The van der Waals surface area contributed by atoms with Crippen molar-refractivity contribution in [1.82, 2.24) is 0 Å². The van der Waals surface area contributed by atoms with Crippen molar-refractivity contribution in [3.05, 3.63) is 101 Å². The average molecular weight is 302 g/mol. The van der Waals surface area contributed by atoms with E-state index in [4.69, 9.17) is 0 Å². The summed E-state index contributed by atoms with van der Waals surface area (Å²) in [5, 5.41) is 10.1. The fourth-order valence-corrected chi connectivity index (χ4v) is 3.29. The lowest BCUT2D eigenvalue weighted by Gasteiger charge is -2.32. The Morgan fingerprint density at radius 2 is 1.04 bits per heavy atom. The maximum atomic E-state index is 10.1. The molecule has 0 saturated heterocycles. The number of aromatic hydroxyl groups is 1. The van der Waals surface area contributed by atoms with Gasteiger partial charge in [0.15, 0.2) is 0 Å². The summed E-state index contributed by atoms with van der Waals surface area (Å²) in [6, 6.07) is 25.3. The smallest absolute Gasteiger partial charge is 0.121 e. The van der Waals surface area contributed by atoms with Gasteiger partial charge < -0.3 is 5.11 Å². The molecule has 23 heavy (non-hydrogen) atoms. The lowest BCUT2D eigenvalue weighted by molar-refractivity contribution is 0.466. The van der Waals surface area contributed by atoms with Crippen molar-refractivity contribution in [3.63, 3.8) is 0 Å². The fourth-order valence-electron chi connectivity index (χ4n) is 3.29. The van der Waals surface area contributed by atoms with Crippen molar-refractivity contribution in [2.24, 2.45) is 0 Å². The molecule has 0 unspecified atom stereocenters. The van der Waals surface area contributed by atoms with Crippen LogP contribution in [0.3, 0.4) is 0 Å². The standard InChI is InChI=1S/C22H22O/c1-16-14-20(15-17(2)21(16)23)22(3,18-10-6-4-7-11-18)19-12-8-5-9-13-19/h4-15,23H,1-3H3. The summed E-state index contributed by atoms with van der Waals surface area (Å²) in [6.45, 7) is 6.17. The Balaban J connectivity index is 2.29. The van der Waals surface area contributed by atoms with Crippen LogP contribution in [0.25, 0.3) is 0 Å². The zero-order valence-electron chi connectivity index (χ0n) is 13.9. The third-order valence-electron chi connectivity index (χ3n) is 4.77. The predicted octanol–water partition coefficient (Wildman–Crippen LogP) is 5.36. The van der Waals surface area contributed by atoms with Crippen LogP contribution < -0.4 is 0 Å². The Labute approximate surface area is 138 Å². The molecule has 0 aliphatic heterocycles. The Bertz CT molecular complexity index is 741.